The van der Waals surface area contributed by atoms with Crippen molar-refractivity contribution in [3.63, 3.8) is 0 Å². The third-order valence-corrected chi connectivity index (χ3v) is 5.78. The highest BCUT2D eigenvalue weighted by atomic mass is 79.9. The second-order valence-corrected chi connectivity index (χ2v) is 8.52. The lowest BCUT2D eigenvalue weighted by atomic mass is 10.2. The van der Waals surface area contributed by atoms with Crippen molar-refractivity contribution >= 4 is 39.8 Å². The van der Waals surface area contributed by atoms with Crippen LogP contribution in [-0.4, -0.2) is 37.7 Å². The number of thioether (sulfide) groups is 1. The van der Waals surface area contributed by atoms with Crippen molar-refractivity contribution in [1.82, 2.24) is 20.2 Å². The van der Waals surface area contributed by atoms with Crippen molar-refractivity contribution in [1.29, 1.82) is 0 Å². The fraction of sp³-hybridized carbons (Fsp3) is 0.0435. The molecule has 1 heterocycles. The van der Waals surface area contributed by atoms with Gasteiger partial charge in [0.25, 0.3) is 5.91 Å². The Morgan fingerprint density at radius 1 is 1.06 bits per heavy atom. The van der Waals surface area contributed by atoms with Crippen LogP contribution in [0.3, 0.4) is 0 Å². The monoisotopic (exact) mass is 507 g/mol. The number of rotatable bonds is 7. The normalized spacial score (nSPS) is 11.0. The topological polar surface area (TPSA) is 92.4 Å². The van der Waals surface area contributed by atoms with Crippen molar-refractivity contribution in [2.24, 2.45) is 5.10 Å². The van der Waals surface area contributed by atoms with Gasteiger partial charge in [0.1, 0.15) is 5.75 Å². The highest BCUT2D eigenvalue weighted by Gasteiger charge is 2.17. The van der Waals surface area contributed by atoms with Crippen LogP contribution in [0, 0.1) is 0 Å². The molecule has 160 valence electrons. The Morgan fingerprint density at radius 2 is 1.84 bits per heavy atom. The molecular formula is C23H18BrN5O2S. The van der Waals surface area contributed by atoms with E-state index in [1.807, 2.05) is 59.2 Å². The van der Waals surface area contributed by atoms with E-state index in [0.29, 0.717) is 11.0 Å². The summed E-state index contributed by atoms with van der Waals surface area (Å²) in [6.45, 7) is 0. The number of benzene rings is 3. The molecule has 32 heavy (non-hydrogen) atoms. The fourth-order valence-electron chi connectivity index (χ4n) is 2.89. The highest BCUT2D eigenvalue weighted by molar-refractivity contribution is 9.10. The number of phenols is 1. The molecule has 2 N–H and O–H groups in total. The smallest absolute Gasteiger partial charge is 0.250 e. The maximum Gasteiger partial charge on any atom is 0.250 e. The molecule has 9 heteroatoms. The summed E-state index contributed by atoms with van der Waals surface area (Å²) >= 11 is 4.78. The largest absolute Gasteiger partial charge is 0.508 e. The molecule has 0 bridgehead atoms. The Labute approximate surface area is 197 Å². The Balaban J connectivity index is 1.50. The van der Waals surface area contributed by atoms with Crippen molar-refractivity contribution in [3.8, 4) is 22.8 Å². The molecule has 1 aromatic heterocycles. The lowest BCUT2D eigenvalue weighted by molar-refractivity contribution is -0.118. The van der Waals surface area contributed by atoms with Gasteiger partial charge in [0.15, 0.2) is 11.0 Å². The van der Waals surface area contributed by atoms with Gasteiger partial charge < -0.3 is 5.11 Å². The van der Waals surface area contributed by atoms with E-state index in [1.165, 1.54) is 18.0 Å². The number of para-hydroxylation sites is 1. The van der Waals surface area contributed by atoms with Gasteiger partial charge in [0.2, 0.25) is 0 Å². The molecule has 0 saturated heterocycles. The first-order chi connectivity index (χ1) is 15.6. The van der Waals surface area contributed by atoms with Gasteiger partial charge >= 0.3 is 0 Å². The third-order valence-electron chi connectivity index (χ3n) is 4.36. The van der Waals surface area contributed by atoms with Crippen LogP contribution in [0.25, 0.3) is 17.1 Å². The van der Waals surface area contributed by atoms with Crippen LogP contribution in [0.15, 0.2) is 93.6 Å². The maximum atomic E-state index is 12.3. The lowest BCUT2D eigenvalue weighted by Gasteiger charge is -2.10. The van der Waals surface area contributed by atoms with Crippen molar-refractivity contribution in [3.05, 3.63) is 88.9 Å². The zero-order chi connectivity index (χ0) is 22.3. The molecule has 0 aliphatic carbocycles. The summed E-state index contributed by atoms with van der Waals surface area (Å²) in [4.78, 5) is 12.3. The summed E-state index contributed by atoms with van der Waals surface area (Å²) < 4.78 is 2.87. The van der Waals surface area contributed by atoms with Gasteiger partial charge in [-0.15, -0.1) is 10.2 Å². The first kappa shape index (κ1) is 21.8. The van der Waals surface area contributed by atoms with Crippen molar-refractivity contribution < 1.29 is 9.90 Å². The number of carbonyl (C=O) groups is 1. The number of nitrogens with zero attached hydrogens (tertiary/aromatic N) is 4. The Morgan fingerprint density at radius 3 is 2.59 bits per heavy atom. The average Bonchev–Trinajstić information content (AvgIpc) is 3.24. The SMILES string of the molecule is O=C(CSc1nnc(-c2cccc(Br)c2)n1-c1ccccc1)NN=Cc1ccc(O)cc1. The van der Waals surface area contributed by atoms with Crippen molar-refractivity contribution in [2.45, 2.75) is 5.16 Å². The molecule has 0 fully saturated rings. The molecule has 0 radical (unpaired) electrons. The zero-order valence-electron chi connectivity index (χ0n) is 16.7. The Hall–Kier alpha value is -3.43. The number of amides is 1. The number of halogens is 1. The Bertz CT molecular complexity index is 1240. The van der Waals surface area contributed by atoms with E-state index in [1.54, 1.807) is 24.3 Å². The molecule has 4 rings (SSSR count). The molecule has 0 saturated carbocycles. The van der Waals surface area contributed by atoms with Crippen LogP contribution in [0.4, 0.5) is 0 Å². The van der Waals surface area contributed by atoms with E-state index in [-0.39, 0.29) is 17.4 Å². The van der Waals surface area contributed by atoms with E-state index < -0.39 is 0 Å². The van der Waals surface area contributed by atoms with Crippen LogP contribution in [0.2, 0.25) is 0 Å². The first-order valence-electron chi connectivity index (χ1n) is 9.60. The van der Waals surface area contributed by atoms with Gasteiger partial charge in [0.05, 0.1) is 12.0 Å². The summed E-state index contributed by atoms with van der Waals surface area (Å²) in [6.07, 6.45) is 1.51. The molecule has 0 atom stereocenters. The van der Waals surface area contributed by atoms with Gasteiger partial charge in [-0.2, -0.15) is 5.10 Å². The van der Waals surface area contributed by atoms with Crippen LogP contribution in [-0.2, 0) is 4.79 Å². The van der Waals surface area contributed by atoms with Crippen molar-refractivity contribution in [2.75, 3.05) is 5.75 Å². The predicted molar refractivity (Wildman–Crippen MR) is 129 cm³/mol. The lowest BCUT2D eigenvalue weighted by Crippen LogP contribution is -2.20. The summed E-state index contributed by atoms with van der Waals surface area (Å²) in [7, 11) is 0. The van der Waals surface area contributed by atoms with E-state index >= 15 is 0 Å². The van der Waals surface area contributed by atoms with E-state index in [9.17, 15) is 9.90 Å². The van der Waals surface area contributed by atoms with Crippen LogP contribution in [0.5, 0.6) is 5.75 Å². The van der Waals surface area contributed by atoms with Crippen LogP contribution >= 0.6 is 27.7 Å². The third kappa shape index (κ3) is 5.43. The number of aromatic hydroxyl groups is 1. The molecule has 7 nitrogen and oxygen atoms in total. The van der Waals surface area contributed by atoms with Crippen LogP contribution < -0.4 is 5.43 Å². The van der Waals surface area contributed by atoms with E-state index in [2.05, 4.69) is 36.7 Å². The summed E-state index contributed by atoms with van der Waals surface area (Å²) in [6, 6.07) is 24.1. The number of phenolic OH excluding ortho intramolecular Hbond substituents is 1. The van der Waals surface area contributed by atoms with Crippen LogP contribution in [0.1, 0.15) is 5.56 Å². The molecule has 0 unspecified atom stereocenters. The first-order valence-corrected chi connectivity index (χ1v) is 11.4. The van der Waals surface area contributed by atoms with Gasteiger partial charge in [-0.05, 0) is 54.1 Å². The molecule has 1 amide bonds. The second-order valence-electron chi connectivity index (χ2n) is 6.66. The molecule has 0 spiro atoms. The number of hydrazone groups is 1. The number of hydrogen-bond acceptors (Lipinski definition) is 6. The molecule has 3 aromatic carbocycles. The van der Waals surface area contributed by atoms with Gasteiger partial charge in [-0.1, -0.05) is 58.0 Å². The maximum absolute atomic E-state index is 12.3. The quantitative estimate of drug-likeness (QED) is 0.216. The molecule has 4 aromatic rings. The minimum Gasteiger partial charge on any atom is -0.508 e. The standard InChI is InChI=1S/C23H18BrN5O2S/c24-18-6-4-5-17(13-18)22-27-28-23(29(22)19-7-2-1-3-8-19)32-15-21(31)26-25-14-16-9-11-20(30)12-10-16/h1-14,30H,15H2,(H,26,31). The summed E-state index contributed by atoms with van der Waals surface area (Å²) in [5.41, 5.74) is 5.08. The average molecular weight is 508 g/mol. The summed E-state index contributed by atoms with van der Waals surface area (Å²) in [5, 5.41) is 22.6. The molecular weight excluding hydrogens is 490 g/mol. The highest BCUT2D eigenvalue weighted by Crippen LogP contribution is 2.29. The van der Waals surface area contributed by atoms with Gasteiger partial charge in [-0.3, -0.25) is 9.36 Å². The van der Waals surface area contributed by atoms with Gasteiger partial charge in [0, 0.05) is 15.7 Å². The van der Waals surface area contributed by atoms with Gasteiger partial charge in [-0.25, -0.2) is 5.43 Å². The fourth-order valence-corrected chi connectivity index (χ4v) is 4.03. The molecule has 0 aliphatic heterocycles. The summed E-state index contributed by atoms with van der Waals surface area (Å²) in [5.74, 6) is 0.714. The zero-order valence-corrected chi connectivity index (χ0v) is 19.1. The van der Waals surface area contributed by atoms with E-state index in [0.717, 1.165) is 21.3 Å². The van der Waals surface area contributed by atoms with E-state index in [4.69, 9.17) is 0 Å². The number of aromatic nitrogens is 3. The minimum atomic E-state index is -0.267. The minimum absolute atomic E-state index is 0.121. The Kier molecular flexibility index (Phi) is 6.98. The predicted octanol–water partition coefficient (Wildman–Crippen LogP) is 4.64. The molecule has 0 aliphatic rings. The number of hydrogen-bond donors (Lipinski definition) is 2. The second kappa shape index (κ2) is 10.3. The number of carbonyl (C=O) groups excluding carboxylic acids is 1. The number of nitrogens with one attached hydrogen (secondary N) is 1.